The fraction of sp³-hybridized carbons (Fsp3) is 0.577. The number of carboxylic acid groups (broad SMARTS) is 1. The Kier molecular flexibility index (Phi) is 11.1. The Morgan fingerprint density at radius 1 is 1.11 bits per heavy atom. The number of carbonyl (C=O) groups excluding carboxylic acids is 4. The van der Waals surface area contributed by atoms with Crippen molar-refractivity contribution in [1.29, 1.82) is 0 Å². The largest absolute Gasteiger partial charge is 0.492 e. The first-order valence-electron chi connectivity index (χ1n) is 12.4. The molecule has 0 bridgehead atoms. The Hall–Kier alpha value is -3.12. The highest BCUT2D eigenvalue weighted by Gasteiger charge is 2.38. The third kappa shape index (κ3) is 9.32. The van der Waals surface area contributed by atoms with Crippen molar-refractivity contribution in [2.24, 2.45) is 17.3 Å². The van der Waals surface area contributed by atoms with Crippen molar-refractivity contribution in [3.63, 3.8) is 0 Å². The van der Waals surface area contributed by atoms with Gasteiger partial charge in [-0.3, -0.25) is 24.5 Å². The van der Waals surface area contributed by atoms with E-state index in [1.54, 1.807) is 45.0 Å². The second kappa shape index (κ2) is 13.6. The first kappa shape index (κ1) is 31.1. The van der Waals surface area contributed by atoms with Gasteiger partial charge in [-0.25, -0.2) is 4.79 Å². The number of hydrogen-bond donors (Lipinski definition) is 5. The smallest absolute Gasteiger partial charge is 0.333 e. The summed E-state index contributed by atoms with van der Waals surface area (Å²) in [5.41, 5.74) is 0.187. The van der Waals surface area contributed by atoms with Crippen molar-refractivity contribution in [2.75, 3.05) is 13.2 Å². The van der Waals surface area contributed by atoms with Gasteiger partial charge in [0.2, 0.25) is 17.7 Å². The molecule has 1 heterocycles. The molecular weight excluding hydrogens is 514 g/mol. The van der Waals surface area contributed by atoms with E-state index in [9.17, 15) is 34.2 Å². The molecule has 0 aromatic heterocycles. The minimum atomic E-state index is -1.88. The molecule has 0 aliphatic carbocycles. The lowest BCUT2D eigenvalue weighted by Gasteiger charge is -2.32. The second-order valence-electron chi connectivity index (χ2n) is 10.7. The molecule has 1 fully saturated rings. The van der Waals surface area contributed by atoms with Gasteiger partial charge < -0.3 is 25.6 Å². The molecule has 1 aromatic carbocycles. The molecule has 0 radical (unpaired) electrons. The maximum absolute atomic E-state index is 12.9. The molecule has 1 aliphatic heterocycles. The first-order valence-corrected chi connectivity index (χ1v) is 13.3. The second-order valence-corrected chi connectivity index (χ2v) is 11.9. The average molecular weight is 552 g/mol. The zero-order chi connectivity index (χ0) is 28.6. The lowest BCUT2D eigenvalue weighted by atomic mass is 9.84. The van der Waals surface area contributed by atoms with Gasteiger partial charge in [0.25, 0.3) is 5.24 Å². The zero-order valence-electron chi connectivity index (χ0n) is 22.3. The number of nitrogens with one attached hydrogen (secondary N) is 3. The highest BCUT2D eigenvalue weighted by atomic mass is 32.2. The summed E-state index contributed by atoms with van der Waals surface area (Å²) in [5, 5.41) is 26.1. The van der Waals surface area contributed by atoms with E-state index in [0.29, 0.717) is 12.2 Å². The van der Waals surface area contributed by atoms with Crippen molar-refractivity contribution in [3.8, 4) is 5.75 Å². The standard InChI is InChI=1S/C26H37N3O8S/c1-14(2)12-17(19(30)24(34)35)21(31)28-20(26(3,4)5)23(33)27-10-11-37-16-8-6-15(7-9-16)13-18-22(32)29-25(36)38-18/h6-9,14,17-20,30H,10-13H2,1-5H3,(H,27,33)(H,28,31)(H,34,35)(H,29,32,36). The van der Waals surface area contributed by atoms with Crippen LogP contribution < -0.4 is 20.7 Å². The van der Waals surface area contributed by atoms with Gasteiger partial charge in [0.1, 0.15) is 18.4 Å². The van der Waals surface area contributed by atoms with Gasteiger partial charge in [-0.05, 0) is 41.9 Å². The van der Waals surface area contributed by atoms with E-state index in [4.69, 9.17) is 4.74 Å². The number of ether oxygens (including phenoxy) is 1. The molecule has 1 saturated heterocycles. The lowest BCUT2D eigenvalue weighted by molar-refractivity contribution is -0.154. The molecule has 4 atom stereocenters. The van der Waals surface area contributed by atoms with Gasteiger partial charge in [-0.15, -0.1) is 0 Å². The third-order valence-corrected chi connectivity index (χ3v) is 6.87. The summed E-state index contributed by atoms with van der Waals surface area (Å²) in [6.45, 7) is 9.23. The highest BCUT2D eigenvalue weighted by Crippen LogP contribution is 2.24. The SMILES string of the molecule is CC(C)CC(C(=O)NC(C(=O)NCCOc1ccc(CC2SC(=O)NC2=O)cc1)C(C)(C)C)C(O)C(=O)O. The minimum absolute atomic E-state index is 0.0434. The van der Waals surface area contributed by atoms with Crippen LogP contribution in [0.3, 0.4) is 0 Å². The molecule has 11 nitrogen and oxygen atoms in total. The number of aliphatic hydroxyl groups is 1. The first-order chi connectivity index (χ1) is 17.7. The zero-order valence-corrected chi connectivity index (χ0v) is 23.1. The summed E-state index contributed by atoms with van der Waals surface area (Å²) in [6, 6.07) is 6.10. The number of carboxylic acids is 1. The molecule has 12 heteroatoms. The molecule has 1 aromatic rings. The van der Waals surface area contributed by atoms with E-state index in [0.717, 1.165) is 17.3 Å². The van der Waals surface area contributed by atoms with Gasteiger partial charge in [-0.1, -0.05) is 58.5 Å². The van der Waals surface area contributed by atoms with E-state index in [1.165, 1.54) is 0 Å². The van der Waals surface area contributed by atoms with Crippen LogP contribution in [-0.4, -0.2) is 69.7 Å². The molecule has 38 heavy (non-hydrogen) atoms. The number of benzene rings is 1. The summed E-state index contributed by atoms with van der Waals surface area (Å²) in [7, 11) is 0. The molecule has 1 aliphatic rings. The van der Waals surface area contributed by atoms with Crippen LogP contribution in [0.15, 0.2) is 24.3 Å². The Morgan fingerprint density at radius 3 is 2.24 bits per heavy atom. The average Bonchev–Trinajstić information content (AvgIpc) is 3.14. The third-order valence-electron chi connectivity index (χ3n) is 5.89. The molecule has 5 N–H and O–H groups in total. The number of imide groups is 1. The van der Waals surface area contributed by atoms with Crippen LogP contribution in [0.4, 0.5) is 4.79 Å². The molecular formula is C26H37N3O8S. The predicted molar refractivity (Wildman–Crippen MR) is 142 cm³/mol. The van der Waals surface area contributed by atoms with Crippen molar-refractivity contribution in [3.05, 3.63) is 29.8 Å². The van der Waals surface area contributed by atoms with Crippen molar-refractivity contribution >= 4 is 40.7 Å². The number of amides is 4. The van der Waals surface area contributed by atoms with Crippen LogP contribution >= 0.6 is 11.8 Å². The molecule has 0 spiro atoms. The maximum atomic E-state index is 12.9. The van der Waals surface area contributed by atoms with Crippen molar-refractivity contribution in [1.82, 2.24) is 16.0 Å². The maximum Gasteiger partial charge on any atom is 0.333 e. The number of aliphatic carboxylic acids is 1. The number of hydrogen-bond acceptors (Lipinski definition) is 8. The van der Waals surface area contributed by atoms with Gasteiger partial charge in [0.05, 0.1) is 17.7 Å². The normalized spacial score (nSPS) is 17.9. The Morgan fingerprint density at radius 2 is 1.74 bits per heavy atom. The molecule has 4 amide bonds. The molecule has 2 rings (SSSR count). The minimum Gasteiger partial charge on any atom is -0.492 e. The van der Waals surface area contributed by atoms with E-state index in [-0.39, 0.29) is 36.6 Å². The number of carbonyl (C=O) groups is 5. The van der Waals surface area contributed by atoms with Crippen LogP contribution in [0.25, 0.3) is 0 Å². The van der Waals surface area contributed by atoms with E-state index in [1.807, 2.05) is 13.8 Å². The van der Waals surface area contributed by atoms with Crippen LogP contribution in [0.2, 0.25) is 0 Å². The topological polar surface area (TPSA) is 171 Å². The Balaban J connectivity index is 1.89. The van der Waals surface area contributed by atoms with Crippen LogP contribution in [0, 0.1) is 17.3 Å². The summed E-state index contributed by atoms with van der Waals surface area (Å²) in [6.07, 6.45) is -1.31. The number of thioether (sulfide) groups is 1. The Bertz CT molecular complexity index is 1020. The fourth-order valence-electron chi connectivity index (χ4n) is 3.89. The fourth-order valence-corrected chi connectivity index (χ4v) is 4.75. The number of aliphatic hydroxyl groups excluding tert-OH is 1. The monoisotopic (exact) mass is 551 g/mol. The number of rotatable bonds is 13. The Labute approximate surface area is 226 Å². The van der Waals surface area contributed by atoms with Crippen LogP contribution in [0.5, 0.6) is 5.75 Å². The van der Waals surface area contributed by atoms with E-state index >= 15 is 0 Å². The predicted octanol–water partition coefficient (Wildman–Crippen LogP) is 1.71. The van der Waals surface area contributed by atoms with Gasteiger partial charge in [-0.2, -0.15) is 0 Å². The summed E-state index contributed by atoms with van der Waals surface area (Å²) >= 11 is 0.970. The summed E-state index contributed by atoms with van der Waals surface area (Å²) < 4.78 is 5.67. The van der Waals surface area contributed by atoms with Crippen LogP contribution in [-0.2, 0) is 25.6 Å². The van der Waals surface area contributed by atoms with Gasteiger partial charge in [0, 0.05) is 0 Å². The van der Waals surface area contributed by atoms with Crippen molar-refractivity contribution in [2.45, 2.75) is 64.9 Å². The highest BCUT2D eigenvalue weighted by molar-refractivity contribution is 8.15. The lowest BCUT2D eigenvalue weighted by Crippen LogP contribution is -2.56. The van der Waals surface area contributed by atoms with Crippen LogP contribution in [0.1, 0.15) is 46.6 Å². The molecule has 0 saturated carbocycles. The van der Waals surface area contributed by atoms with Gasteiger partial charge >= 0.3 is 5.97 Å². The quantitative estimate of drug-likeness (QED) is 0.229. The molecule has 4 unspecified atom stereocenters. The van der Waals surface area contributed by atoms with Gasteiger partial charge in [0.15, 0.2) is 6.10 Å². The van der Waals surface area contributed by atoms with E-state index < -0.39 is 46.5 Å². The molecule has 210 valence electrons. The van der Waals surface area contributed by atoms with Crippen molar-refractivity contribution < 1.29 is 38.9 Å². The van der Waals surface area contributed by atoms with E-state index in [2.05, 4.69) is 16.0 Å². The summed E-state index contributed by atoms with van der Waals surface area (Å²) in [4.78, 5) is 60.1. The summed E-state index contributed by atoms with van der Waals surface area (Å²) in [5.74, 6) is -3.63.